The second-order valence-corrected chi connectivity index (χ2v) is 3.03. The average Bonchev–Trinajstić information content (AvgIpc) is 2.80. The zero-order valence-electron chi connectivity index (χ0n) is 8.61. The number of esters is 1. The van der Waals surface area contributed by atoms with E-state index in [-0.39, 0.29) is 11.5 Å². The fourth-order valence-electron chi connectivity index (χ4n) is 1.16. The molecule has 2 rings (SSSR count). The molecule has 0 fully saturated rings. The standard InChI is InChI=1S/C10H6F2N2O3/c1-16-10(15)9-14-13-8(17-9)6-4-5(11)2-3-7(6)12/h2-4H,1H3. The highest BCUT2D eigenvalue weighted by molar-refractivity contribution is 5.84. The van der Waals surface area contributed by atoms with E-state index >= 15 is 0 Å². The number of ether oxygens (including phenoxy) is 1. The summed E-state index contributed by atoms with van der Waals surface area (Å²) in [6.45, 7) is 0. The fraction of sp³-hybridized carbons (Fsp3) is 0.100. The highest BCUT2D eigenvalue weighted by Gasteiger charge is 2.18. The van der Waals surface area contributed by atoms with Gasteiger partial charge in [-0.25, -0.2) is 13.6 Å². The summed E-state index contributed by atoms with van der Waals surface area (Å²) < 4.78 is 35.4. The van der Waals surface area contributed by atoms with Crippen LogP contribution in [0.15, 0.2) is 22.6 Å². The Morgan fingerprint density at radius 2 is 2.12 bits per heavy atom. The van der Waals surface area contributed by atoms with E-state index in [4.69, 9.17) is 4.42 Å². The van der Waals surface area contributed by atoms with Crippen LogP contribution in [-0.2, 0) is 4.74 Å². The minimum absolute atomic E-state index is 0.215. The third kappa shape index (κ3) is 2.12. The molecule has 2 aromatic rings. The lowest BCUT2D eigenvalue weighted by Gasteiger charge is -1.97. The van der Waals surface area contributed by atoms with Crippen molar-refractivity contribution in [3.05, 3.63) is 35.7 Å². The van der Waals surface area contributed by atoms with Crippen molar-refractivity contribution in [2.45, 2.75) is 0 Å². The van der Waals surface area contributed by atoms with E-state index in [9.17, 15) is 13.6 Å². The summed E-state index contributed by atoms with van der Waals surface area (Å²) >= 11 is 0. The number of benzene rings is 1. The van der Waals surface area contributed by atoms with Crippen LogP contribution in [0.4, 0.5) is 8.78 Å². The zero-order valence-corrected chi connectivity index (χ0v) is 8.61. The molecule has 17 heavy (non-hydrogen) atoms. The van der Waals surface area contributed by atoms with Crippen LogP contribution in [0.1, 0.15) is 10.7 Å². The van der Waals surface area contributed by atoms with Gasteiger partial charge in [-0.1, -0.05) is 0 Å². The molecule has 0 saturated carbocycles. The number of hydrogen-bond donors (Lipinski definition) is 0. The van der Waals surface area contributed by atoms with Crippen LogP contribution in [0, 0.1) is 11.6 Å². The summed E-state index contributed by atoms with van der Waals surface area (Å²) in [5, 5.41) is 6.79. The van der Waals surface area contributed by atoms with Crippen molar-refractivity contribution < 1.29 is 22.7 Å². The quantitative estimate of drug-likeness (QED) is 0.749. The van der Waals surface area contributed by atoms with Crippen molar-refractivity contribution in [2.75, 3.05) is 7.11 Å². The van der Waals surface area contributed by atoms with E-state index < -0.39 is 23.5 Å². The van der Waals surface area contributed by atoms with Crippen LogP contribution in [0.5, 0.6) is 0 Å². The first kappa shape index (κ1) is 11.2. The first-order valence-corrected chi connectivity index (χ1v) is 4.49. The number of rotatable bonds is 2. The van der Waals surface area contributed by atoms with Crippen LogP contribution >= 0.6 is 0 Å². The Hall–Kier alpha value is -2.31. The van der Waals surface area contributed by atoms with Gasteiger partial charge in [0.05, 0.1) is 12.7 Å². The summed E-state index contributed by atoms with van der Waals surface area (Å²) in [5.41, 5.74) is -0.215. The Balaban J connectivity index is 2.43. The number of aromatic nitrogens is 2. The van der Waals surface area contributed by atoms with Crippen molar-refractivity contribution in [3.8, 4) is 11.5 Å². The Morgan fingerprint density at radius 1 is 1.35 bits per heavy atom. The molecular formula is C10H6F2N2O3. The minimum atomic E-state index is -0.847. The number of nitrogens with zero attached hydrogens (tertiary/aromatic N) is 2. The van der Waals surface area contributed by atoms with Gasteiger partial charge in [0.1, 0.15) is 11.6 Å². The van der Waals surface area contributed by atoms with Gasteiger partial charge in [0.15, 0.2) is 0 Å². The molecule has 1 aromatic heterocycles. The van der Waals surface area contributed by atoms with Crippen molar-refractivity contribution in [2.24, 2.45) is 0 Å². The van der Waals surface area contributed by atoms with Crippen LogP contribution in [0.25, 0.3) is 11.5 Å². The molecule has 0 spiro atoms. The molecule has 0 aliphatic carbocycles. The summed E-state index contributed by atoms with van der Waals surface area (Å²) in [6, 6.07) is 2.77. The molecule has 0 unspecified atom stereocenters. The van der Waals surface area contributed by atoms with Crippen molar-refractivity contribution in [1.29, 1.82) is 0 Å². The van der Waals surface area contributed by atoms with Gasteiger partial charge in [-0.2, -0.15) is 0 Å². The Bertz CT molecular complexity index is 568. The van der Waals surface area contributed by atoms with E-state index in [2.05, 4.69) is 14.9 Å². The average molecular weight is 240 g/mol. The number of carbonyl (C=O) groups is 1. The molecule has 1 heterocycles. The molecule has 5 nitrogen and oxygen atoms in total. The van der Waals surface area contributed by atoms with Crippen molar-refractivity contribution in [3.63, 3.8) is 0 Å². The van der Waals surface area contributed by atoms with Gasteiger partial charge in [-0.05, 0) is 18.2 Å². The Morgan fingerprint density at radius 3 is 2.82 bits per heavy atom. The lowest BCUT2D eigenvalue weighted by molar-refractivity contribution is 0.0556. The largest absolute Gasteiger partial charge is 0.462 e. The third-order valence-corrected chi connectivity index (χ3v) is 1.94. The molecule has 1 aromatic carbocycles. The topological polar surface area (TPSA) is 65.2 Å². The van der Waals surface area contributed by atoms with Crippen molar-refractivity contribution >= 4 is 5.97 Å². The van der Waals surface area contributed by atoms with Crippen molar-refractivity contribution in [1.82, 2.24) is 10.2 Å². The van der Waals surface area contributed by atoms with E-state index in [1.54, 1.807) is 0 Å². The molecule has 0 amide bonds. The maximum absolute atomic E-state index is 13.3. The molecular weight excluding hydrogens is 234 g/mol. The van der Waals surface area contributed by atoms with Crippen LogP contribution in [-0.4, -0.2) is 23.3 Å². The smallest absolute Gasteiger partial charge is 0.396 e. The molecule has 0 atom stereocenters. The van der Waals surface area contributed by atoms with Gasteiger partial charge in [0, 0.05) is 0 Å². The molecule has 0 radical (unpaired) electrons. The van der Waals surface area contributed by atoms with Gasteiger partial charge in [0.25, 0.3) is 5.89 Å². The second-order valence-electron chi connectivity index (χ2n) is 3.03. The highest BCUT2D eigenvalue weighted by Crippen LogP contribution is 2.22. The maximum Gasteiger partial charge on any atom is 0.396 e. The first-order valence-electron chi connectivity index (χ1n) is 4.49. The van der Waals surface area contributed by atoms with Crippen LogP contribution < -0.4 is 0 Å². The number of methoxy groups -OCH3 is 1. The number of hydrogen-bond acceptors (Lipinski definition) is 5. The molecule has 0 aliphatic heterocycles. The molecule has 0 bridgehead atoms. The highest BCUT2D eigenvalue weighted by atomic mass is 19.1. The Labute approximate surface area is 94.0 Å². The predicted octanol–water partition coefficient (Wildman–Crippen LogP) is 1.80. The summed E-state index contributed by atoms with van der Waals surface area (Å²) in [4.78, 5) is 11.0. The lowest BCUT2D eigenvalue weighted by atomic mass is 10.2. The third-order valence-electron chi connectivity index (χ3n) is 1.94. The Kier molecular flexibility index (Phi) is 2.82. The summed E-state index contributed by atoms with van der Waals surface area (Å²) in [5.74, 6) is -2.94. The molecule has 88 valence electrons. The van der Waals surface area contributed by atoms with Gasteiger partial charge in [-0.15, -0.1) is 10.2 Å². The normalized spacial score (nSPS) is 10.3. The van der Waals surface area contributed by atoms with E-state index in [1.165, 1.54) is 0 Å². The molecule has 0 saturated heterocycles. The molecule has 7 heteroatoms. The van der Waals surface area contributed by atoms with Gasteiger partial charge in [-0.3, -0.25) is 0 Å². The summed E-state index contributed by atoms with van der Waals surface area (Å²) in [6.07, 6.45) is 0. The maximum atomic E-state index is 13.3. The minimum Gasteiger partial charge on any atom is -0.462 e. The summed E-state index contributed by atoms with van der Waals surface area (Å²) in [7, 11) is 1.13. The number of carbonyl (C=O) groups excluding carboxylic acids is 1. The fourth-order valence-corrected chi connectivity index (χ4v) is 1.16. The first-order chi connectivity index (χ1) is 8.11. The van der Waals surface area contributed by atoms with Crippen LogP contribution in [0.2, 0.25) is 0 Å². The van der Waals surface area contributed by atoms with E-state index in [0.29, 0.717) is 0 Å². The van der Waals surface area contributed by atoms with Gasteiger partial charge in [0.2, 0.25) is 0 Å². The monoisotopic (exact) mass is 240 g/mol. The van der Waals surface area contributed by atoms with Gasteiger partial charge >= 0.3 is 11.9 Å². The number of halogens is 2. The zero-order chi connectivity index (χ0) is 12.4. The molecule has 0 aliphatic rings. The van der Waals surface area contributed by atoms with E-state index in [0.717, 1.165) is 25.3 Å². The van der Waals surface area contributed by atoms with Crippen LogP contribution in [0.3, 0.4) is 0 Å². The van der Waals surface area contributed by atoms with Gasteiger partial charge < -0.3 is 9.15 Å². The lowest BCUT2D eigenvalue weighted by Crippen LogP contribution is -2.00. The SMILES string of the molecule is COC(=O)c1nnc(-c2cc(F)ccc2F)o1. The van der Waals surface area contributed by atoms with E-state index in [1.807, 2.05) is 0 Å². The molecule has 0 N–H and O–H groups in total. The predicted molar refractivity (Wildman–Crippen MR) is 51.0 cm³/mol. The second kappa shape index (κ2) is 4.28.